The lowest BCUT2D eigenvalue weighted by Gasteiger charge is -2.21. The highest BCUT2D eigenvalue weighted by Gasteiger charge is 2.25. The minimum atomic E-state index is 0.0354. The van der Waals surface area contributed by atoms with E-state index in [2.05, 4.69) is 206 Å². The number of amidine groups is 1. The summed E-state index contributed by atoms with van der Waals surface area (Å²) in [7, 11) is 0. The summed E-state index contributed by atoms with van der Waals surface area (Å²) in [5.41, 5.74) is 12.4. The number of benzene rings is 9. The first-order valence-electron chi connectivity index (χ1n) is 21.0. The number of aromatic nitrogens is 1. The van der Waals surface area contributed by atoms with Crippen molar-refractivity contribution in [2.75, 3.05) is 0 Å². The molecule has 0 bridgehead atoms. The van der Waals surface area contributed by atoms with Gasteiger partial charge in [-0.25, -0.2) is 9.98 Å². The van der Waals surface area contributed by atoms with E-state index in [9.17, 15) is 0 Å². The number of furan rings is 1. The fourth-order valence-corrected chi connectivity index (χ4v) is 9.43. The molecule has 0 N–H and O–H groups in total. The molecule has 0 fully saturated rings. The van der Waals surface area contributed by atoms with Crippen molar-refractivity contribution in [2.45, 2.75) is 13.3 Å². The Morgan fingerprint density at radius 3 is 1.97 bits per heavy atom. The van der Waals surface area contributed by atoms with Crippen molar-refractivity contribution in [3.63, 3.8) is 0 Å². The van der Waals surface area contributed by atoms with Gasteiger partial charge in [0, 0.05) is 44.7 Å². The van der Waals surface area contributed by atoms with E-state index in [0.29, 0.717) is 5.84 Å². The summed E-state index contributed by atoms with van der Waals surface area (Å²) < 4.78 is 9.18. The van der Waals surface area contributed by atoms with Crippen LogP contribution >= 0.6 is 0 Å². The molecule has 2 aromatic heterocycles. The van der Waals surface area contributed by atoms with E-state index in [1.807, 2.05) is 6.07 Å². The lowest BCUT2D eigenvalue weighted by atomic mass is 9.90. The predicted molar refractivity (Wildman–Crippen MR) is 256 cm³/mol. The number of nitrogens with zero attached hydrogens (tertiary/aromatic N) is 3. The lowest BCUT2D eigenvalue weighted by molar-refractivity contribution is 0.668. The standard InChI is InChI=1S/C57H39N3O/c1-36-26-31-50(40-29-27-38(28-30-40)37-14-3-2-4-15-37)58-57(46-23-13-19-39-16-7-8-20-44(39)46)59-56(36)49-34-43(35-54-55(49)47-22-10-12-25-53(47)61-54)60-51-24-11-9-21-45(51)48-32-41-17-5-6-18-42(41)33-52(48)60/h2-25,27-36H,26H2,1H3/b50-31+,58-57?,59-56?. The smallest absolute Gasteiger partial charge is 0.160 e. The molecule has 1 atom stereocenters. The third kappa shape index (κ3) is 5.90. The fraction of sp³-hybridized carbons (Fsp3) is 0.0526. The molecule has 0 spiro atoms. The van der Waals surface area contributed by atoms with Gasteiger partial charge in [-0.3, -0.25) is 0 Å². The van der Waals surface area contributed by atoms with Crippen LogP contribution in [0.25, 0.3) is 87.8 Å². The fourth-order valence-electron chi connectivity index (χ4n) is 9.43. The first-order chi connectivity index (χ1) is 30.1. The Balaban J connectivity index is 1.11. The molecule has 288 valence electrons. The van der Waals surface area contributed by atoms with Crippen LogP contribution in [0, 0.1) is 5.92 Å². The van der Waals surface area contributed by atoms with Gasteiger partial charge in [-0.1, -0.05) is 171 Å². The van der Waals surface area contributed by atoms with E-state index in [1.165, 1.54) is 32.7 Å². The number of para-hydroxylation sites is 2. The van der Waals surface area contributed by atoms with Crippen molar-refractivity contribution in [1.29, 1.82) is 0 Å². The second kappa shape index (κ2) is 14.2. The summed E-state index contributed by atoms with van der Waals surface area (Å²) >= 11 is 0. The molecule has 1 aliphatic heterocycles. The van der Waals surface area contributed by atoms with Gasteiger partial charge in [-0.15, -0.1) is 0 Å². The van der Waals surface area contributed by atoms with Crippen LogP contribution in [-0.4, -0.2) is 16.1 Å². The molecule has 4 heteroatoms. The Labute approximate surface area is 353 Å². The minimum absolute atomic E-state index is 0.0354. The molecule has 61 heavy (non-hydrogen) atoms. The molecule has 12 rings (SSSR count). The highest BCUT2D eigenvalue weighted by Crippen LogP contribution is 2.40. The maximum absolute atomic E-state index is 6.78. The number of fused-ring (bicyclic) bond motifs is 8. The molecule has 0 saturated heterocycles. The van der Waals surface area contributed by atoms with Gasteiger partial charge in [0.05, 0.1) is 28.1 Å². The van der Waals surface area contributed by atoms with Crippen LogP contribution < -0.4 is 0 Å². The van der Waals surface area contributed by atoms with Crippen molar-refractivity contribution in [1.82, 2.24) is 4.57 Å². The van der Waals surface area contributed by atoms with E-state index < -0.39 is 0 Å². The normalized spacial score (nSPS) is 15.6. The molecular weight excluding hydrogens is 743 g/mol. The van der Waals surface area contributed by atoms with E-state index in [1.54, 1.807) is 0 Å². The van der Waals surface area contributed by atoms with Gasteiger partial charge in [-0.2, -0.15) is 0 Å². The summed E-state index contributed by atoms with van der Waals surface area (Å²) in [6.07, 6.45) is 3.05. The van der Waals surface area contributed by atoms with Crippen LogP contribution in [0.2, 0.25) is 0 Å². The summed E-state index contributed by atoms with van der Waals surface area (Å²) in [5, 5.41) is 9.26. The molecule has 1 unspecified atom stereocenters. The number of rotatable bonds is 5. The number of hydrogen-bond acceptors (Lipinski definition) is 3. The van der Waals surface area contributed by atoms with Crippen LogP contribution in [0.3, 0.4) is 0 Å². The van der Waals surface area contributed by atoms with Gasteiger partial charge >= 0.3 is 0 Å². The molecule has 0 saturated carbocycles. The average Bonchev–Trinajstić information content (AvgIpc) is 3.85. The molecule has 0 radical (unpaired) electrons. The van der Waals surface area contributed by atoms with E-state index >= 15 is 0 Å². The highest BCUT2D eigenvalue weighted by molar-refractivity contribution is 6.25. The Hall–Kier alpha value is -7.82. The average molecular weight is 782 g/mol. The predicted octanol–water partition coefficient (Wildman–Crippen LogP) is 15.0. The number of allylic oxidation sites excluding steroid dienone is 1. The quantitative estimate of drug-likeness (QED) is 0.171. The SMILES string of the molecule is CC1C/C=C(\c2ccc(-c3ccccc3)cc2)N=C(c2cccc3ccccc23)N=C1c1cc(-n2c3ccccc3c3cc4ccccc4cc32)cc2oc3ccccc3c12. The van der Waals surface area contributed by atoms with Crippen molar-refractivity contribution in [2.24, 2.45) is 15.9 Å². The van der Waals surface area contributed by atoms with Gasteiger partial charge < -0.3 is 8.98 Å². The van der Waals surface area contributed by atoms with Crippen LogP contribution in [0.4, 0.5) is 0 Å². The van der Waals surface area contributed by atoms with Crippen molar-refractivity contribution in [3.05, 3.63) is 217 Å². The first kappa shape index (κ1) is 35.2. The zero-order valence-electron chi connectivity index (χ0n) is 33.6. The third-order valence-corrected chi connectivity index (χ3v) is 12.4. The van der Waals surface area contributed by atoms with Gasteiger partial charge in [-0.05, 0) is 75.0 Å². The molecule has 3 heterocycles. The number of hydrogen-bond donors (Lipinski definition) is 0. The largest absolute Gasteiger partial charge is 0.456 e. The minimum Gasteiger partial charge on any atom is -0.456 e. The van der Waals surface area contributed by atoms with Gasteiger partial charge in [0.15, 0.2) is 5.84 Å². The molecule has 4 nitrogen and oxygen atoms in total. The highest BCUT2D eigenvalue weighted by atomic mass is 16.3. The molecule has 1 aliphatic rings. The maximum Gasteiger partial charge on any atom is 0.160 e. The summed E-state index contributed by atoms with van der Waals surface area (Å²) in [5.74, 6) is 0.722. The Morgan fingerprint density at radius 1 is 0.475 bits per heavy atom. The first-order valence-corrected chi connectivity index (χ1v) is 21.0. The van der Waals surface area contributed by atoms with E-state index in [-0.39, 0.29) is 5.92 Å². The molecule has 0 aliphatic carbocycles. The maximum atomic E-state index is 6.78. The van der Waals surface area contributed by atoms with Gasteiger partial charge in [0.25, 0.3) is 0 Å². The Kier molecular flexibility index (Phi) is 8.17. The molecule has 0 amide bonds. The van der Waals surface area contributed by atoms with Gasteiger partial charge in [0.2, 0.25) is 0 Å². The summed E-state index contributed by atoms with van der Waals surface area (Å²) in [6, 6.07) is 69.2. The second-order valence-electron chi connectivity index (χ2n) is 16.2. The summed E-state index contributed by atoms with van der Waals surface area (Å²) in [6.45, 7) is 2.30. The third-order valence-electron chi connectivity index (χ3n) is 12.4. The molecule has 9 aromatic carbocycles. The van der Waals surface area contributed by atoms with E-state index in [4.69, 9.17) is 14.4 Å². The van der Waals surface area contributed by atoms with Crippen LogP contribution in [0.15, 0.2) is 215 Å². The van der Waals surface area contributed by atoms with Crippen molar-refractivity contribution >= 4 is 82.5 Å². The van der Waals surface area contributed by atoms with E-state index in [0.717, 1.165) is 84.0 Å². The van der Waals surface area contributed by atoms with Crippen LogP contribution in [0.5, 0.6) is 0 Å². The second-order valence-corrected chi connectivity index (χ2v) is 16.2. The Bertz CT molecular complexity index is 3620. The van der Waals surface area contributed by atoms with Crippen molar-refractivity contribution < 1.29 is 4.42 Å². The van der Waals surface area contributed by atoms with Crippen LogP contribution in [-0.2, 0) is 0 Å². The van der Waals surface area contributed by atoms with Crippen molar-refractivity contribution in [3.8, 4) is 16.8 Å². The zero-order chi connectivity index (χ0) is 40.4. The Morgan fingerprint density at radius 2 is 1.13 bits per heavy atom. The summed E-state index contributed by atoms with van der Waals surface area (Å²) in [4.78, 5) is 11.3. The molecular formula is C57H39N3O. The monoisotopic (exact) mass is 781 g/mol. The lowest BCUT2D eigenvalue weighted by Crippen LogP contribution is -2.18. The zero-order valence-corrected chi connectivity index (χ0v) is 33.6. The van der Waals surface area contributed by atoms with Gasteiger partial charge in [0.1, 0.15) is 11.2 Å². The molecule has 11 aromatic rings. The topological polar surface area (TPSA) is 42.8 Å². The van der Waals surface area contributed by atoms with Crippen LogP contribution in [0.1, 0.15) is 30.0 Å². The number of aliphatic imine (C=N–C) groups is 2.